The highest BCUT2D eigenvalue weighted by Gasteiger charge is 2.15. The fourth-order valence-electron chi connectivity index (χ4n) is 3.39. The Balaban J connectivity index is 1.49. The second kappa shape index (κ2) is 9.57. The molecule has 4 aromatic carbocycles. The van der Waals surface area contributed by atoms with E-state index >= 15 is 0 Å². The number of benzene rings is 4. The molecule has 0 aromatic heterocycles. The summed E-state index contributed by atoms with van der Waals surface area (Å²) < 4.78 is 0. The quantitative estimate of drug-likeness (QED) is 0.394. The van der Waals surface area contributed by atoms with E-state index in [4.69, 9.17) is 0 Å². The SMILES string of the molecule is O=C(Nc1ccc(-c2ccccc2)cc1)N(Cc1ccccc1)Cc1ccccc1. The predicted molar refractivity (Wildman–Crippen MR) is 123 cm³/mol. The van der Waals surface area contributed by atoms with E-state index in [1.54, 1.807) is 0 Å². The molecule has 0 spiro atoms. The Bertz CT molecular complexity index is 1020. The molecular weight excluding hydrogens is 368 g/mol. The molecule has 4 aromatic rings. The monoisotopic (exact) mass is 392 g/mol. The Morgan fingerprint density at radius 1 is 0.567 bits per heavy atom. The van der Waals surface area contributed by atoms with Crippen LogP contribution in [-0.2, 0) is 13.1 Å². The molecule has 0 fully saturated rings. The van der Waals surface area contributed by atoms with E-state index in [1.165, 1.54) is 0 Å². The van der Waals surface area contributed by atoms with E-state index in [0.717, 1.165) is 27.9 Å². The number of carbonyl (C=O) groups excluding carboxylic acids is 1. The number of hydrogen-bond acceptors (Lipinski definition) is 1. The highest BCUT2D eigenvalue weighted by Crippen LogP contribution is 2.21. The van der Waals surface area contributed by atoms with Gasteiger partial charge >= 0.3 is 6.03 Å². The predicted octanol–water partition coefficient (Wildman–Crippen LogP) is 6.59. The molecule has 0 aliphatic heterocycles. The van der Waals surface area contributed by atoms with Crippen molar-refractivity contribution in [3.63, 3.8) is 0 Å². The van der Waals surface area contributed by atoms with Gasteiger partial charge in [0.25, 0.3) is 0 Å². The van der Waals surface area contributed by atoms with Gasteiger partial charge in [-0.3, -0.25) is 0 Å². The maximum absolute atomic E-state index is 13.1. The van der Waals surface area contributed by atoms with Gasteiger partial charge in [-0.15, -0.1) is 0 Å². The number of urea groups is 1. The Morgan fingerprint density at radius 3 is 1.50 bits per heavy atom. The van der Waals surface area contributed by atoms with Gasteiger partial charge in [0, 0.05) is 18.8 Å². The second-order valence-corrected chi connectivity index (χ2v) is 7.20. The van der Waals surface area contributed by atoms with Gasteiger partial charge in [0.1, 0.15) is 0 Å². The average molecular weight is 393 g/mol. The standard InChI is InChI=1S/C27H24N2O/c30-27(28-26-18-16-25(17-19-26)24-14-8-3-9-15-24)29(20-22-10-4-1-5-11-22)21-23-12-6-2-7-13-23/h1-19H,20-21H2,(H,28,30). The molecule has 0 unspecified atom stereocenters. The van der Waals surface area contributed by atoms with Crippen molar-refractivity contribution in [1.82, 2.24) is 4.90 Å². The summed E-state index contributed by atoms with van der Waals surface area (Å²) in [6.07, 6.45) is 0. The van der Waals surface area contributed by atoms with Crippen LogP contribution in [-0.4, -0.2) is 10.9 Å². The summed E-state index contributed by atoms with van der Waals surface area (Å²) >= 11 is 0. The minimum absolute atomic E-state index is 0.116. The number of nitrogens with one attached hydrogen (secondary N) is 1. The zero-order valence-corrected chi connectivity index (χ0v) is 16.7. The summed E-state index contributed by atoms with van der Waals surface area (Å²) in [6.45, 7) is 1.09. The molecule has 3 heteroatoms. The zero-order chi connectivity index (χ0) is 20.6. The average Bonchev–Trinajstić information content (AvgIpc) is 2.81. The number of rotatable bonds is 6. The molecule has 0 bridgehead atoms. The lowest BCUT2D eigenvalue weighted by molar-refractivity contribution is 0.206. The smallest absolute Gasteiger partial charge is 0.316 e. The third-order valence-electron chi connectivity index (χ3n) is 4.96. The van der Waals surface area contributed by atoms with E-state index in [9.17, 15) is 4.79 Å². The Labute approximate surface area is 177 Å². The van der Waals surface area contributed by atoms with E-state index < -0.39 is 0 Å². The maximum Gasteiger partial charge on any atom is 0.322 e. The first-order valence-corrected chi connectivity index (χ1v) is 10.1. The van der Waals surface area contributed by atoms with Crippen molar-refractivity contribution in [3.8, 4) is 11.1 Å². The summed E-state index contributed by atoms with van der Waals surface area (Å²) in [5, 5.41) is 3.05. The van der Waals surface area contributed by atoms with Crippen LogP contribution in [0.2, 0.25) is 0 Å². The Morgan fingerprint density at radius 2 is 1.00 bits per heavy atom. The van der Waals surface area contributed by atoms with E-state index in [2.05, 4.69) is 17.4 Å². The van der Waals surface area contributed by atoms with E-state index in [0.29, 0.717) is 13.1 Å². The van der Waals surface area contributed by atoms with E-state index in [-0.39, 0.29) is 6.03 Å². The Kier molecular flexibility index (Phi) is 6.21. The second-order valence-electron chi connectivity index (χ2n) is 7.20. The third kappa shape index (κ3) is 5.15. The zero-order valence-electron chi connectivity index (χ0n) is 16.7. The van der Waals surface area contributed by atoms with Crippen LogP contribution >= 0.6 is 0 Å². The molecule has 4 rings (SSSR count). The third-order valence-corrected chi connectivity index (χ3v) is 4.96. The lowest BCUT2D eigenvalue weighted by Gasteiger charge is -2.23. The number of amides is 2. The van der Waals surface area contributed by atoms with Crippen LogP contribution in [0, 0.1) is 0 Å². The fourth-order valence-corrected chi connectivity index (χ4v) is 3.39. The molecule has 30 heavy (non-hydrogen) atoms. The lowest BCUT2D eigenvalue weighted by atomic mass is 10.1. The van der Waals surface area contributed by atoms with Crippen LogP contribution in [0.25, 0.3) is 11.1 Å². The summed E-state index contributed by atoms with van der Waals surface area (Å²) in [4.78, 5) is 14.9. The molecule has 1 N–H and O–H groups in total. The molecule has 0 saturated heterocycles. The fraction of sp³-hybridized carbons (Fsp3) is 0.0741. The van der Waals surface area contributed by atoms with Crippen molar-refractivity contribution in [2.75, 3.05) is 5.32 Å². The van der Waals surface area contributed by atoms with Crippen molar-refractivity contribution in [2.45, 2.75) is 13.1 Å². The molecule has 0 atom stereocenters. The van der Waals surface area contributed by atoms with Crippen molar-refractivity contribution >= 4 is 11.7 Å². The summed E-state index contributed by atoms with van der Waals surface area (Å²) in [7, 11) is 0. The first-order valence-electron chi connectivity index (χ1n) is 10.1. The van der Waals surface area contributed by atoms with Crippen molar-refractivity contribution in [1.29, 1.82) is 0 Å². The van der Waals surface area contributed by atoms with Gasteiger partial charge < -0.3 is 10.2 Å². The first-order chi connectivity index (χ1) is 14.8. The Hall–Kier alpha value is -3.85. The minimum Gasteiger partial charge on any atom is -0.316 e. The van der Waals surface area contributed by atoms with Gasteiger partial charge in [-0.1, -0.05) is 103 Å². The van der Waals surface area contributed by atoms with Crippen LogP contribution in [0.1, 0.15) is 11.1 Å². The van der Waals surface area contributed by atoms with Crippen molar-refractivity contribution < 1.29 is 4.79 Å². The highest BCUT2D eigenvalue weighted by atomic mass is 16.2. The van der Waals surface area contributed by atoms with Crippen LogP contribution in [0.5, 0.6) is 0 Å². The topological polar surface area (TPSA) is 32.3 Å². The van der Waals surface area contributed by atoms with Gasteiger partial charge in [0.15, 0.2) is 0 Å². The van der Waals surface area contributed by atoms with Gasteiger partial charge in [0.2, 0.25) is 0 Å². The summed E-state index contributed by atoms with van der Waals surface area (Å²) in [6, 6.07) is 38.2. The lowest BCUT2D eigenvalue weighted by Crippen LogP contribution is -2.34. The van der Waals surface area contributed by atoms with Gasteiger partial charge in [0.05, 0.1) is 0 Å². The van der Waals surface area contributed by atoms with Crippen LogP contribution in [0.15, 0.2) is 115 Å². The van der Waals surface area contributed by atoms with E-state index in [1.807, 2.05) is 108 Å². The van der Waals surface area contributed by atoms with Crippen LogP contribution in [0.3, 0.4) is 0 Å². The van der Waals surface area contributed by atoms with Gasteiger partial charge in [-0.2, -0.15) is 0 Å². The number of hydrogen-bond donors (Lipinski definition) is 1. The minimum atomic E-state index is -0.116. The number of anilines is 1. The molecule has 2 amide bonds. The maximum atomic E-state index is 13.1. The molecule has 0 aliphatic rings. The molecule has 148 valence electrons. The summed E-state index contributed by atoms with van der Waals surface area (Å²) in [5.41, 5.74) is 5.26. The van der Waals surface area contributed by atoms with Crippen molar-refractivity contribution in [3.05, 3.63) is 126 Å². The number of nitrogens with zero attached hydrogens (tertiary/aromatic N) is 1. The van der Waals surface area contributed by atoms with Crippen LogP contribution < -0.4 is 5.32 Å². The van der Waals surface area contributed by atoms with Crippen molar-refractivity contribution in [2.24, 2.45) is 0 Å². The first kappa shape index (κ1) is 19.5. The van der Waals surface area contributed by atoms with Crippen LogP contribution in [0.4, 0.5) is 10.5 Å². The molecule has 0 radical (unpaired) electrons. The molecular formula is C27H24N2O. The molecule has 0 saturated carbocycles. The van der Waals surface area contributed by atoms with Gasteiger partial charge in [-0.25, -0.2) is 4.79 Å². The molecule has 3 nitrogen and oxygen atoms in total. The largest absolute Gasteiger partial charge is 0.322 e. The molecule has 0 heterocycles. The number of carbonyl (C=O) groups is 1. The molecule has 0 aliphatic carbocycles. The highest BCUT2D eigenvalue weighted by molar-refractivity contribution is 5.89. The summed E-state index contributed by atoms with van der Waals surface area (Å²) in [5.74, 6) is 0. The normalized spacial score (nSPS) is 10.4. The van der Waals surface area contributed by atoms with Gasteiger partial charge in [-0.05, 0) is 34.4 Å².